The Balaban J connectivity index is 1.68. The molecular weight excluding hydrogens is 244 g/mol. The Bertz CT molecular complexity index is 584. The van der Waals surface area contributed by atoms with E-state index in [4.69, 9.17) is 0 Å². The molecule has 0 saturated carbocycles. The van der Waals surface area contributed by atoms with Gasteiger partial charge in [0.1, 0.15) is 0 Å². The van der Waals surface area contributed by atoms with Crippen molar-refractivity contribution in [3.63, 3.8) is 0 Å². The van der Waals surface area contributed by atoms with E-state index < -0.39 is 0 Å². The molecule has 1 N–H and O–H groups in total. The summed E-state index contributed by atoms with van der Waals surface area (Å²) < 4.78 is 0. The van der Waals surface area contributed by atoms with Gasteiger partial charge in [-0.3, -0.25) is 0 Å². The summed E-state index contributed by atoms with van der Waals surface area (Å²) in [4.78, 5) is 1.60. The van der Waals surface area contributed by atoms with E-state index >= 15 is 0 Å². The zero-order chi connectivity index (χ0) is 12.2. The smallest absolute Gasteiger partial charge is 0.0858 e. The lowest BCUT2D eigenvalue weighted by atomic mass is 10.2. The second-order valence-electron chi connectivity index (χ2n) is 3.85. The van der Waals surface area contributed by atoms with Gasteiger partial charge >= 0.3 is 0 Å². The first kappa shape index (κ1) is 11.0. The van der Waals surface area contributed by atoms with E-state index in [0.717, 1.165) is 17.9 Å². The zero-order valence-electron chi connectivity index (χ0n) is 9.65. The maximum Gasteiger partial charge on any atom is 0.0858 e. The summed E-state index contributed by atoms with van der Waals surface area (Å²) in [5.41, 5.74) is 3.36. The molecule has 0 aliphatic carbocycles. The van der Waals surface area contributed by atoms with Gasteiger partial charge < -0.3 is 5.32 Å². The van der Waals surface area contributed by atoms with Crippen molar-refractivity contribution >= 4 is 17.0 Å². The Morgan fingerprint density at radius 3 is 2.50 bits per heavy atom. The number of thiophene rings is 1. The Morgan fingerprint density at radius 2 is 1.83 bits per heavy atom. The van der Waals surface area contributed by atoms with Crippen molar-refractivity contribution in [2.75, 3.05) is 5.32 Å². The molecule has 0 aliphatic heterocycles. The van der Waals surface area contributed by atoms with Crippen LogP contribution < -0.4 is 5.32 Å². The molecule has 0 atom stereocenters. The van der Waals surface area contributed by atoms with E-state index in [-0.39, 0.29) is 0 Å². The van der Waals surface area contributed by atoms with Crippen LogP contribution in [0.15, 0.2) is 53.5 Å². The summed E-state index contributed by atoms with van der Waals surface area (Å²) in [5, 5.41) is 15.8. The van der Waals surface area contributed by atoms with Gasteiger partial charge in [-0.2, -0.15) is 26.3 Å². The highest BCUT2D eigenvalue weighted by Crippen LogP contribution is 2.14. The number of nitrogens with one attached hydrogen (secondary N) is 1. The van der Waals surface area contributed by atoms with Crippen LogP contribution in [0.5, 0.6) is 0 Å². The molecule has 0 unspecified atom stereocenters. The molecule has 2 aromatic heterocycles. The maximum atomic E-state index is 4.09. The monoisotopic (exact) mass is 256 g/mol. The average molecular weight is 256 g/mol. The van der Waals surface area contributed by atoms with E-state index in [9.17, 15) is 0 Å². The van der Waals surface area contributed by atoms with Gasteiger partial charge in [0.25, 0.3) is 0 Å². The van der Waals surface area contributed by atoms with Gasteiger partial charge in [0, 0.05) is 12.2 Å². The lowest BCUT2D eigenvalue weighted by Crippen LogP contribution is -2.00. The van der Waals surface area contributed by atoms with Crippen LogP contribution in [-0.4, -0.2) is 15.0 Å². The number of hydrogen-bond donors (Lipinski definition) is 1. The predicted octanol–water partition coefficient (Wildman–Crippen LogP) is 2.94. The van der Waals surface area contributed by atoms with Crippen molar-refractivity contribution in [3.05, 3.63) is 59.0 Å². The molecule has 90 valence electrons. The fourth-order valence-electron chi connectivity index (χ4n) is 1.66. The molecule has 0 amide bonds. The minimum atomic E-state index is 0.850. The van der Waals surface area contributed by atoms with Crippen LogP contribution in [0.3, 0.4) is 0 Å². The van der Waals surface area contributed by atoms with E-state index in [1.807, 2.05) is 24.3 Å². The number of hydrogen-bond acceptors (Lipinski definition) is 4. The summed E-state index contributed by atoms with van der Waals surface area (Å²) in [7, 11) is 0. The molecule has 0 bridgehead atoms. The summed E-state index contributed by atoms with van der Waals surface area (Å²) >= 11 is 1.72. The van der Waals surface area contributed by atoms with Crippen molar-refractivity contribution in [1.82, 2.24) is 15.0 Å². The molecule has 3 aromatic rings. The number of rotatable bonds is 4. The molecular formula is C13H12N4S. The van der Waals surface area contributed by atoms with Crippen LogP contribution >= 0.6 is 11.3 Å². The van der Waals surface area contributed by atoms with Crippen molar-refractivity contribution in [1.29, 1.82) is 0 Å². The number of nitrogens with zero attached hydrogens (tertiary/aromatic N) is 3. The first-order valence-corrected chi connectivity index (χ1v) is 6.58. The largest absolute Gasteiger partial charge is 0.381 e. The summed E-state index contributed by atoms with van der Waals surface area (Å²) in [6, 6.07) is 10.2. The van der Waals surface area contributed by atoms with Gasteiger partial charge in [-0.15, -0.1) is 0 Å². The highest BCUT2D eigenvalue weighted by atomic mass is 32.1. The quantitative estimate of drug-likeness (QED) is 0.780. The molecule has 18 heavy (non-hydrogen) atoms. The molecule has 5 heteroatoms. The topological polar surface area (TPSA) is 42.7 Å². The van der Waals surface area contributed by atoms with Gasteiger partial charge in [-0.25, -0.2) is 0 Å². The predicted molar refractivity (Wildman–Crippen MR) is 73.0 cm³/mol. The van der Waals surface area contributed by atoms with Gasteiger partial charge in [-0.1, -0.05) is 0 Å². The van der Waals surface area contributed by atoms with E-state index in [0.29, 0.717) is 0 Å². The highest BCUT2D eigenvalue weighted by molar-refractivity contribution is 7.07. The Labute approximate surface area is 109 Å². The van der Waals surface area contributed by atoms with Crippen LogP contribution in [0.2, 0.25) is 0 Å². The fraction of sp³-hybridized carbons (Fsp3) is 0.0769. The normalized spacial score (nSPS) is 10.4. The molecule has 1 aromatic carbocycles. The minimum Gasteiger partial charge on any atom is -0.381 e. The minimum absolute atomic E-state index is 0.850. The van der Waals surface area contributed by atoms with E-state index in [2.05, 4.69) is 32.3 Å². The Morgan fingerprint density at radius 1 is 1.06 bits per heavy atom. The third-order valence-electron chi connectivity index (χ3n) is 2.59. The van der Waals surface area contributed by atoms with Crippen molar-refractivity contribution in [2.24, 2.45) is 0 Å². The third-order valence-corrected chi connectivity index (χ3v) is 3.33. The second-order valence-corrected chi connectivity index (χ2v) is 4.63. The molecule has 0 spiro atoms. The number of anilines is 1. The van der Waals surface area contributed by atoms with Crippen LogP contribution in [-0.2, 0) is 6.54 Å². The van der Waals surface area contributed by atoms with Gasteiger partial charge in [0.2, 0.25) is 0 Å². The molecule has 4 nitrogen and oxygen atoms in total. The van der Waals surface area contributed by atoms with Gasteiger partial charge in [0.05, 0.1) is 18.1 Å². The van der Waals surface area contributed by atoms with Crippen LogP contribution in [0, 0.1) is 0 Å². The molecule has 0 saturated heterocycles. The third kappa shape index (κ3) is 2.41. The first-order valence-electron chi connectivity index (χ1n) is 5.63. The molecule has 2 heterocycles. The van der Waals surface area contributed by atoms with Crippen molar-refractivity contribution in [3.8, 4) is 5.69 Å². The highest BCUT2D eigenvalue weighted by Gasteiger charge is 1.98. The molecule has 0 aliphatic rings. The summed E-state index contributed by atoms with van der Waals surface area (Å²) in [5.74, 6) is 0. The van der Waals surface area contributed by atoms with Gasteiger partial charge in [0.15, 0.2) is 0 Å². The lowest BCUT2D eigenvalue weighted by molar-refractivity contribution is 0.752. The number of aromatic nitrogens is 3. The molecule has 0 fully saturated rings. The first-order chi connectivity index (χ1) is 8.92. The van der Waals surface area contributed by atoms with Crippen LogP contribution in [0.25, 0.3) is 5.69 Å². The SMILES string of the molecule is c1cnn(-c2ccc(NCc3ccsc3)cc2)n1. The standard InChI is InChI=1S/C13H12N4S/c1-3-13(17-15-6-7-16-17)4-2-12(1)14-9-11-5-8-18-10-11/h1-8,10,14H,9H2. The lowest BCUT2D eigenvalue weighted by Gasteiger charge is -2.06. The maximum absolute atomic E-state index is 4.09. The van der Waals surface area contributed by atoms with Crippen molar-refractivity contribution < 1.29 is 0 Å². The summed E-state index contributed by atoms with van der Waals surface area (Å²) in [6.07, 6.45) is 3.34. The molecule has 3 rings (SSSR count). The Hall–Kier alpha value is -2.14. The molecule has 0 radical (unpaired) electrons. The van der Waals surface area contributed by atoms with Crippen LogP contribution in [0.4, 0.5) is 5.69 Å². The van der Waals surface area contributed by atoms with E-state index in [1.165, 1.54) is 5.56 Å². The van der Waals surface area contributed by atoms with Gasteiger partial charge in [-0.05, 0) is 46.7 Å². The summed E-state index contributed by atoms with van der Waals surface area (Å²) in [6.45, 7) is 0.850. The zero-order valence-corrected chi connectivity index (χ0v) is 10.5. The second kappa shape index (κ2) is 5.01. The van der Waals surface area contributed by atoms with Crippen molar-refractivity contribution in [2.45, 2.75) is 6.54 Å². The van der Waals surface area contributed by atoms with E-state index in [1.54, 1.807) is 28.5 Å². The fourth-order valence-corrected chi connectivity index (χ4v) is 2.33. The average Bonchev–Trinajstić information content (AvgIpc) is 3.10. The number of benzene rings is 1. The Kier molecular flexibility index (Phi) is 3.06. The van der Waals surface area contributed by atoms with Crippen LogP contribution in [0.1, 0.15) is 5.56 Å².